The van der Waals surface area contributed by atoms with E-state index < -0.39 is 5.97 Å². The van der Waals surface area contributed by atoms with E-state index in [-0.39, 0.29) is 0 Å². The lowest BCUT2D eigenvalue weighted by atomic mass is 10.1. The number of aliphatic carboxylic acids is 1. The van der Waals surface area contributed by atoms with Gasteiger partial charge in [0.2, 0.25) is 0 Å². The van der Waals surface area contributed by atoms with Crippen molar-refractivity contribution in [2.24, 2.45) is 0 Å². The van der Waals surface area contributed by atoms with Crippen LogP contribution < -0.4 is 4.90 Å². The van der Waals surface area contributed by atoms with Crippen molar-refractivity contribution in [2.45, 2.75) is 19.9 Å². The average Bonchev–Trinajstić information content (AvgIpc) is 2.37. The molecular weight excluding hydrogens is 252 g/mol. The molecule has 2 rings (SSSR count). The van der Waals surface area contributed by atoms with Gasteiger partial charge >= 0.3 is 5.97 Å². The van der Waals surface area contributed by atoms with Crippen LogP contribution in [0.2, 0.25) is 0 Å². The number of hydrogen-bond donors (Lipinski definition) is 1. The zero-order valence-corrected chi connectivity index (χ0v) is 12.3. The highest BCUT2D eigenvalue weighted by atomic mass is 16.4. The van der Waals surface area contributed by atoms with E-state index in [0.29, 0.717) is 6.04 Å². The maximum atomic E-state index is 10.5. The van der Waals surface area contributed by atoms with Crippen LogP contribution in [-0.2, 0) is 4.79 Å². The van der Waals surface area contributed by atoms with E-state index in [4.69, 9.17) is 5.11 Å². The number of likely N-dealkylation sites (N-methyl/N-ethyl adjacent to an activating group) is 1. The summed E-state index contributed by atoms with van der Waals surface area (Å²) in [7, 11) is 2.15. The van der Waals surface area contributed by atoms with E-state index in [1.165, 1.54) is 17.3 Å². The van der Waals surface area contributed by atoms with Crippen molar-refractivity contribution in [3.63, 3.8) is 0 Å². The van der Waals surface area contributed by atoms with Gasteiger partial charge in [-0.3, -0.25) is 0 Å². The molecule has 0 aliphatic carbocycles. The fourth-order valence-electron chi connectivity index (χ4n) is 2.77. The summed E-state index contributed by atoms with van der Waals surface area (Å²) in [6.07, 6.45) is 2.81. The number of hydrogen-bond acceptors (Lipinski definition) is 3. The van der Waals surface area contributed by atoms with Gasteiger partial charge in [-0.2, -0.15) is 0 Å². The summed E-state index contributed by atoms with van der Waals surface area (Å²) in [6, 6.07) is 6.61. The molecule has 1 saturated heterocycles. The van der Waals surface area contributed by atoms with Crippen molar-refractivity contribution >= 4 is 17.7 Å². The standard InChI is InChI=1S/C16H22N2O2/c1-12-10-14(5-7-16(19)20)4-6-15(12)18-9-8-17(3)11-13(18)2/h4-7,10,13H,8-9,11H2,1-3H3,(H,19,20)/b7-5+. The summed E-state index contributed by atoms with van der Waals surface area (Å²) in [5.41, 5.74) is 3.36. The van der Waals surface area contributed by atoms with Crippen LogP contribution in [0, 0.1) is 6.92 Å². The number of rotatable bonds is 3. The molecule has 4 nitrogen and oxygen atoms in total. The van der Waals surface area contributed by atoms with Gasteiger partial charge in [0.1, 0.15) is 0 Å². The van der Waals surface area contributed by atoms with Crippen LogP contribution in [0.3, 0.4) is 0 Å². The Morgan fingerprint density at radius 3 is 2.75 bits per heavy atom. The Balaban J connectivity index is 2.19. The van der Waals surface area contributed by atoms with Gasteiger partial charge in [-0.15, -0.1) is 0 Å². The first-order valence-corrected chi connectivity index (χ1v) is 6.94. The molecule has 1 aromatic rings. The molecule has 1 unspecified atom stereocenters. The highest BCUT2D eigenvalue weighted by Crippen LogP contribution is 2.25. The predicted molar refractivity (Wildman–Crippen MR) is 82.2 cm³/mol. The number of aryl methyl sites for hydroxylation is 1. The molecule has 0 saturated carbocycles. The molecule has 1 aromatic carbocycles. The molecule has 0 spiro atoms. The number of carboxylic acids is 1. The van der Waals surface area contributed by atoms with Crippen LogP contribution in [0.1, 0.15) is 18.1 Å². The summed E-state index contributed by atoms with van der Waals surface area (Å²) in [5, 5.41) is 8.66. The minimum atomic E-state index is -0.917. The van der Waals surface area contributed by atoms with Gasteiger partial charge in [-0.1, -0.05) is 6.07 Å². The molecule has 1 atom stereocenters. The Morgan fingerprint density at radius 2 is 2.15 bits per heavy atom. The Morgan fingerprint density at radius 1 is 1.40 bits per heavy atom. The zero-order valence-electron chi connectivity index (χ0n) is 12.3. The lowest BCUT2D eigenvalue weighted by Crippen LogP contribution is -2.50. The van der Waals surface area contributed by atoms with Crippen LogP contribution in [0.15, 0.2) is 24.3 Å². The Hall–Kier alpha value is -1.81. The maximum absolute atomic E-state index is 10.5. The van der Waals surface area contributed by atoms with Crippen molar-refractivity contribution in [2.75, 3.05) is 31.6 Å². The molecule has 0 aromatic heterocycles. The van der Waals surface area contributed by atoms with Gasteiger partial charge in [-0.05, 0) is 50.2 Å². The molecule has 4 heteroatoms. The topological polar surface area (TPSA) is 43.8 Å². The summed E-state index contributed by atoms with van der Waals surface area (Å²) < 4.78 is 0. The minimum absolute atomic E-state index is 0.493. The summed E-state index contributed by atoms with van der Waals surface area (Å²) >= 11 is 0. The average molecular weight is 274 g/mol. The van der Waals surface area contributed by atoms with Crippen LogP contribution >= 0.6 is 0 Å². The molecule has 0 radical (unpaired) electrons. The number of nitrogens with zero attached hydrogens (tertiary/aromatic N) is 2. The Kier molecular flexibility index (Phi) is 4.45. The highest BCUT2D eigenvalue weighted by Gasteiger charge is 2.22. The number of carbonyl (C=O) groups is 1. The van der Waals surface area contributed by atoms with Gasteiger partial charge in [-0.25, -0.2) is 4.79 Å². The molecular formula is C16H22N2O2. The van der Waals surface area contributed by atoms with E-state index in [0.717, 1.165) is 25.2 Å². The highest BCUT2D eigenvalue weighted by molar-refractivity contribution is 5.85. The lowest BCUT2D eigenvalue weighted by molar-refractivity contribution is -0.131. The van der Waals surface area contributed by atoms with Gasteiger partial charge in [0, 0.05) is 37.4 Å². The molecule has 0 bridgehead atoms. The van der Waals surface area contributed by atoms with Crippen LogP contribution in [0.5, 0.6) is 0 Å². The summed E-state index contributed by atoms with van der Waals surface area (Å²) in [6.45, 7) is 7.50. The minimum Gasteiger partial charge on any atom is -0.478 e. The van der Waals surface area contributed by atoms with E-state index in [9.17, 15) is 4.79 Å². The molecule has 1 fully saturated rings. The van der Waals surface area contributed by atoms with Gasteiger partial charge in [0.15, 0.2) is 0 Å². The monoisotopic (exact) mass is 274 g/mol. The third-order valence-corrected chi connectivity index (χ3v) is 3.78. The number of benzene rings is 1. The first kappa shape index (κ1) is 14.6. The third kappa shape index (κ3) is 3.39. The second-order valence-corrected chi connectivity index (χ2v) is 5.52. The number of anilines is 1. The van der Waals surface area contributed by atoms with Gasteiger partial charge in [0.25, 0.3) is 0 Å². The molecule has 1 heterocycles. The maximum Gasteiger partial charge on any atom is 0.328 e. The molecule has 20 heavy (non-hydrogen) atoms. The van der Waals surface area contributed by atoms with Gasteiger partial charge < -0.3 is 14.9 Å². The third-order valence-electron chi connectivity index (χ3n) is 3.78. The van der Waals surface area contributed by atoms with Crippen molar-refractivity contribution in [1.29, 1.82) is 0 Å². The van der Waals surface area contributed by atoms with Crippen molar-refractivity contribution in [3.05, 3.63) is 35.4 Å². The van der Waals surface area contributed by atoms with Gasteiger partial charge in [0.05, 0.1) is 0 Å². The first-order chi connectivity index (χ1) is 9.47. The second kappa shape index (κ2) is 6.09. The zero-order chi connectivity index (χ0) is 14.7. The molecule has 1 N–H and O–H groups in total. The van der Waals surface area contributed by atoms with E-state index in [1.54, 1.807) is 6.08 Å². The summed E-state index contributed by atoms with van der Waals surface area (Å²) in [4.78, 5) is 15.3. The van der Waals surface area contributed by atoms with E-state index in [2.05, 4.69) is 36.8 Å². The van der Waals surface area contributed by atoms with Crippen molar-refractivity contribution in [1.82, 2.24) is 4.90 Å². The quantitative estimate of drug-likeness (QED) is 0.859. The Labute approximate surface area is 120 Å². The largest absolute Gasteiger partial charge is 0.478 e. The van der Waals surface area contributed by atoms with Crippen molar-refractivity contribution in [3.8, 4) is 0 Å². The molecule has 108 valence electrons. The van der Waals surface area contributed by atoms with E-state index >= 15 is 0 Å². The molecule has 0 amide bonds. The van der Waals surface area contributed by atoms with Crippen LogP contribution in [0.25, 0.3) is 6.08 Å². The number of carboxylic acid groups (broad SMARTS) is 1. The van der Waals surface area contributed by atoms with Crippen LogP contribution in [0.4, 0.5) is 5.69 Å². The second-order valence-electron chi connectivity index (χ2n) is 5.52. The lowest BCUT2D eigenvalue weighted by Gasteiger charge is -2.40. The first-order valence-electron chi connectivity index (χ1n) is 6.94. The fraction of sp³-hybridized carbons (Fsp3) is 0.438. The Bertz CT molecular complexity index is 525. The van der Waals surface area contributed by atoms with E-state index in [1.807, 2.05) is 12.1 Å². The summed E-state index contributed by atoms with van der Waals surface area (Å²) in [5.74, 6) is -0.917. The normalized spacial score (nSPS) is 20.6. The SMILES string of the molecule is Cc1cc(/C=C/C(=O)O)ccc1N1CCN(C)CC1C. The predicted octanol–water partition coefficient (Wildman–Crippen LogP) is 2.23. The molecule has 1 aliphatic heterocycles. The smallest absolute Gasteiger partial charge is 0.328 e. The van der Waals surface area contributed by atoms with Crippen LogP contribution in [-0.4, -0.2) is 48.7 Å². The molecule has 1 aliphatic rings. The van der Waals surface area contributed by atoms with Crippen molar-refractivity contribution < 1.29 is 9.90 Å². The number of piperazine rings is 1. The fourth-order valence-corrected chi connectivity index (χ4v) is 2.77.